The molecule has 3 unspecified atom stereocenters. The first-order valence-electron chi connectivity index (χ1n) is 5.28. The van der Waals surface area contributed by atoms with Crippen LogP contribution in [0.4, 0.5) is 13.2 Å². The molecule has 0 aromatic carbocycles. The van der Waals surface area contributed by atoms with E-state index in [9.17, 15) is 18.3 Å². The first-order valence-corrected chi connectivity index (χ1v) is 5.28. The Hall–Kier alpha value is -0.330. The van der Waals surface area contributed by atoms with Crippen LogP contribution < -0.4 is 0 Å². The number of hydrogen-bond acceptors (Lipinski definition) is 3. The van der Waals surface area contributed by atoms with Crippen LogP contribution in [0.15, 0.2) is 0 Å². The summed E-state index contributed by atoms with van der Waals surface area (Å²) in [5, 5.41) is 9.52. The molecule has 1 N–H and O–H groups in total. The smallest absolute Gasteiger partial charge is 0.391 e. The summed E-state index contributed by atoms with van der Waals surface area (Å²) in [5.41, 5.74) is 0. The van der Waals surface area contributed by atoms with Crippen molar-refractivity contribution >= 4 is 0 Å². The minimum absolute atomic E-state index is 0.0145. The standard InChI is InChI=1S/C10H18F3NO2/c1-6(2)14-4-8(15)9(10(11,12)13)7(14)5-16-3/h6-9,15H,4-5H2,1-3H3. The summed E-state index contributed by atoms with van der Waals surface area (Å²) in [6, 6.07) is -0.831. The van der Waals surface area contributed by atoms with E-state index in [1.165, 1.54) is 7.11 Å². The van der Waals surface area contributed by atoms with Crippen molar-refractivity contribution in [3.05, 3.63) is 0 Å². The fraction of sp³-hybridized carbons (Fsp3) is 1.00. The number of rotatable bonds is 3. The average Bonchev–Trinajstić information content (AvgIpc) is 2.42. The van der Waals surface area contributed by atoms with Gasteiger partial charge in [-0.05, 0) is 13.8 Å². The van der Waals surface area contributed by atoms with Gasteiger partial charge in [0.15, 0.2) is 0 Å². The largest absolute Gasteiger partial charge is 0.395 e. The number of alkyl halides is 3. The van der Waals surface area contributed by atoms with Gasteiger partial charge in [0, 0.05) is 25.7 Å². The van der Waals surface area contributed by atoms with Gasteiger partial charge in [0.05, 0.1) is 18.6 Å². The predicted octanol–water partition coefficient (Wildman–Crippen LogP) is 1.26. The van der Waals surface area contributed by atoms with E-state index in [0.29, 0.717) is 0 Å². The summed E-state index contributed by atoms with van der Waals surface area (Å²) < 4.78 is 43.2. The molecule has 0 saturated carbocycles. The van der Waals surface area contributed by atoms with Crippen molar-refractivity contribution in [2.75, 3.05) is 20.3 Å². The molecule has 0 aromatic rings. The number of aliphatic hydroxyl groups is 1. The maximum absolute atomic E-state index is 12.8. The fourth-order valence-corrected chi connectivity index (χ4v) is 2.33. The monoisotopic (exact) mass is 241 g/mol. The first-order chi connectivity index (χ1) is 7.29. The quantitative estimate of drug-likeness (QED) is 0.807. The molecule has 96 valence electrons. The van der Waals surface area contributed by atoms with E-state index in [2.05, 4.69) is 0 Å². The van der Waals surface area contributed by atoms with Gasteiger partial charge in [0.1, 0.15) is 0 Å². The summed E-state index contributed by atoms with van der Waals surface area (Å²) in [5.74, 6) is -1.71. The van der Waals surface area contributed by atoms with E-state index in [0.717, 1.165) is 0 Å². The lowest BCUT2D eigenvalue weighted by atomic mass is 9.98. The second kappa shape index (κ2) is 4.89. The molecular formula is C10H18F3NO2. The van der Waals surface area contributed by atoms with Crippen LogP contribution in [0.1, 0.15) is 13.8 Å². The molecule has 0 aliphatic carbocycles. The Morgan fingerprint density at radius 1 is 1.44 bits per heavy atom. The van der Waals surface area contributed by atoms with Gasteiger partial charge in [-0.15, -0.1) is 0 Å². The van der Waals surface area contributed by atoms with Crippen LogP contribution in [0.3, 0.4) is 0 Å². The van der Waals surface area contributed by atoms with Crippen LogP contribution in [0, 0.1) is 5.92 Å². The zero-order valence-electron chi connectivity index (χ0n) is 9.66. The van der Waals surface area contributed by atoms with Crippen molar-refractivity contribution in [1.82, 2.24) is 4.90 Å². The lowest BCUT2D eigenvalue weighted by molar-refractivity contribution is -0.201. The summed E-state index contributed by atoms with van der Waals surface area (Å²) in [6.45, 7) is 3.66. The van der Waals surface area contributed by atoms with Gasteiger partial charge < -0.3 is 9.84 Å². The fourth-order valence-electron chi connectivity index (χ4n) is 2.33. The molecule has 1 saturated heterocycles. The molecule has 0 bridgehead atoms. The topological polar surface area (TPSA) is 32.7 Å². The van der Waals surface area contributed by atoms with Crippen molar-refractivity contribution in [2.24, 2.45) is 5.92 Å². The number of nitrogens with zero attached hydrogens (tertiary/aromatic N) is 1. The second-order valence-electron chi connectivity index (χ2n) is 4.45. The van der Waals surface area contributed by atoms with E-state index >= 15 is 0 Å². The number of methoxy groups -OCH3 is 1. The van der Waals surface area contributed by atoms with E-state index in [1.807, 2.05) is 13.8 Å². The molecular weight excluding hydrogens is 223 g/mol. The number of likely N-dealkylation sites (tertiary alicyclic amines) is 1. The third kappa shape index (κ3) is 2.67. The molecule has 6 heteroatoms. The molecule has 16 heavy (non-hydrogen) atoms. The van der Waals surface area contributed by atoms with Gasteiger partial charge >= 0.3 is 6.18 Å². The molecule has 1 rings (SSSR count). The van der Waals surface area contributed by atoms with E-state index in [1.54, 1.807) is 4.90 Å². The Labute approximate surface area is 93.2 Å². The normalized spacial score (nSPS) is 32.6. The lowest BCUT2D eigenvalue weighted by Gasteiger charge is -2.31. The molecule has 3 atom stereocenters. The summed E-state index contributed by atoms with van der Waals surface area (Å²) >= 11 is 0. The Kier molecular flexibility index (Phi) is 4.20. The molecule has 1 heterocycles. The molecule has 0 aromatic heterocycles. The third-order valence-corrected chi connectivity index (χ3v) is 3.03. The Balaban J connectivity index is 2.89. The average molecular weight is 241 g/mol. The highest BCUT2D eigenvalue weighted by Gasteiger charge is 2.55. The maximum atomic E-state index is 12.8. The van der Waals surface area contributed by atoms with E-state index in [-0.39, 0.29) is 19.2 Å². The highest BCUT2D eigenvalue weighted by molar-refractivity contribution is 4.97. The van der Waals surface area contributed by atoms with Gasteiger partial charge in [-0.3, -0.25) is 4.90 Å². The number of ether oxygens (including phenoxy) is 1. The van der Waals surface area contributed by atoms with Crippen LogP contribution >= 0.6 is 0 Å². The third-order valence-electron chi connectivity index (χ3n) is 3.03. The zero-order valence-corrected chi connectivity index (χ0v) is 9.66. The number of aliphatic hydroxyl groups excluding tert-OH is 1. The Morgan fingerprint density at radius 2 is 2.00 bits per heavy atom. The zero-order chi connectivity index (χ0) is 12.5. The van der Waals surface area contributed by atoms with Crippen molar-refractivity contribution in [1.29, 1.82) is 0 Å². The molecule has 0 spiro atoms. The van der Waals surface area contributed by atoms with Crippen LogP contribution in [0.25, 0.3) is 0 Å². The first kappa shape index (κ1) is 13.7. The maximum Gasteiger partial charge on any atom is 0.395 e. The van der Waals surface area contributed by atoms with E-state index in [4.69, 9.17) is 4.74 Å². The molecule has 0 amide bonds. The summed E-state index contributed by atoms with van der Waals surface area (Å²) in [6.07, 6.45) is -5.74. The highest BCUT2D eigenvalue weighted by atomic mass is 19.4. The summed E-state index contributed by atoms with van der Waals surface area (Å²) in [7, 11) is 1.37. The minimum atomic E-state index is -4.38. The molecule has 3 nitrogen and oxygen atoms in total. The molecule has 1 fully saturated rings. The Bertz CT molecular complexity index is 233. The second-order valence-corrected chi connectivity index (χ2v) is 4.45. The van der Waals surface area contributed by atoms with Crippen molar-refractivity contribution in [3.8, 4) is 0 Å². The van der Waals surface area contributed by atoms with Crippen molar-refractivity contribution in [3.63, 3.8) is 0 Å². The van der Waals surface area contributed by atoms with Crippen LogP contribution in [-0.4, -0.2) is 54.6 Å². The van der Waals surface area contributed by atoms with E-state index < -0.39 is 24.2 Å². The van der Waals surface area contributed by atoms with Crippen molar-refractivity contribution in [2.45, 2.75) is 38.2 Å². The number of hydrogen-bond donors (Lipinski definition) is 1. The Morgan fingerprint density at radius 3 is 2.38 bits per heavy atom. The highest BCUT2D eigenvalue weighted by Crippen LogP contribution is 2.39. The van der Waals surface area contributed by atoms with Gasteiger partial charge in [-0.1, -0.05) is 0 Å². The summed E-state index contributed by atoms with van der Waals surface area (Å²) in [4.78, 5) is 1.65. The molecule has 1 aliphatic heterocycles. The van der Waals surface area contributed by atoms with Crippen molar-refractivity contribution < 1.29 is 23.0 Å². The van der Waals surface area contributed by atoms with Gasteiger partial charge in [0.25, 0.3) is 0 Å². The molecule has 1 aliphatic rings. The van der Waals surface area contributed by atoms with Gasteiger partial charge in [-0.2, -0.15) is 13.2 Å². The SMILES string of the molecule is COCC1C(C(F)(F)F)C(O)CN1C(C)C. The minimum Gasteiger partial charge on any atom is -0.391 e. The number of β-amino-alcohol motifs (C(OH)–C–C–N with tert-alkyl or cyclic N) is 1. The predicted molar refractivity (Wildman–Crippen MR) is 53.1 cm³/mol. The van der Waals surface area contributed by atoms with Crippen LogP contribution in [0.2, 0.25) is 0 Å². The van der Waals surface area contributed by atoms with Gasteiger partial charge in [0.2, 0.25) is 0 Å². The lowest BCUT2D eigenvalue weighted by Crippen LogP contribution is -2.45. The molecule has 0 radical (unpaired) electrons. The van der Waals surface area contributed by atoms with Gasteiger partial charge in [-0.25, -0.2) is 0 Å². The van der Waals surface area contributed by atoms with Crippen LogP contribution in [0.5, 0.6) is 0 Å². The van der Waals surface area contributed by atoms with Crippen LogP contribution in [-0.2, 0) is 4.74 Å². The number of halogens is 3.